The first-order chi connectivity index (χ1) is 13.4. The lowest BCUT2D eigenvalue weighted by Gasteiger charge is -2.13. The first kappa shape index (κ1) is 19.9. The summed E-state index contributed by atoms with van der Waals surface area (Å²) in [5, 5.41) is 11.6. The van der Waals surface area contributed by atoms with E-state index in [4.69, 9.17) is 0 Å². The van der Waals surface area contributed by atoms with Crippen LogP contribution in [0.3, 0.4) is 0 Å². The molecule has 1 heterocycles. The van der Waals surface area contributed by atoms with E-state index >= 15 is 0 Å². The average molecular weight is 403 g/mol. The maximum absolute atomic E-state index is 13.1. The van der Waals surface area contributed by atoms with Crippen molar-refractivity contribution in [2.45, 2.75) is 18.1 Å². The van der Waals surface area contributed by atoms with Crippen LogP contribution in [0, 0.1) is 0 Å². The van der Waals surface area contributed by atoms with Gasteiger partial charge in [-0.2, -0.15) is 13.2 Å². The number of aromatic nitrogens is 2. The van der Waals surface area contributed by atoms with Crippen molar-refractivity contribution >= 4 is 23.4 Å². The molecular weight excluding hydrogens is 387 g/mol. The number of carbonyl (C=O) groups is 1. The molecule has 0 bridgehead atoms. The highest BCUT2D eigenvalue weighted by atomic mass is 32.2. The van der Waals surface area contributed by atoms with Gasteiger partial charge in [0.25, 0.3) is 5.91 Å². The average Bonchev–Trinajstić information content (AvgIpc) is 2.68. The molecule has 28 heavy (non-hydrogen) atoms. The Labute approximate surface area is 164 Å². The molecule has 0 aliphatic rings. The second kappa shape index (κ2) is 8.43. The molecule has 3 rings (SSSR count). The summed E-state index contributed by atoms with van der Waals surface area (Å²) in [4.78, 5) is 12.4. The van der Waals surface area contributed by atoms with Crippen LogP contribution in [-0.4, -0.2) is 21.9 Å². The fraction of sp³-hybridized carbons (Fsp3) is 0.150. The van der Waals surface area contributed by atoms with Gasteiger partial charge in [0.15, 0.2) is 0 Å². The summed E-state index contributed by atoms with van der Waals surface area (Å²) in [6.45, 7) is 2.02. The molecule has 0 unspecified atom stereocenters. The number of amides is 1. The molecule has 0 fully saturated rings. The van der Waals surface area contributed by atoms with Gasteiger partial charge in [0.1, 0.15) is 5.03 Å². The minimum absolute atomic E-state index is 0.369. The SMILES string of the molecule is CCSc1ccc(-c2cccc(NC(=O)c3ccccc3C(F)(F)F)c2)nn1. The summed E-state index contributed by atoms with van der Waals surface area (Å²) in [5.74, 6) is 0.0560. The van der Waals surface area contributed by atoms with Crippen molar-refractivity contribution in [1.29, 1.82) is 0 Å². The highest BCUT2D eigenvalue weighted by Crippen LogP contribution is 2.32. The van der Waals surface area contributed by atoms with Crippen LogP contribution >= 0.6 is 11.8 Å². The van der Waals surface area contributed by atoms with Gasteiger partial charge in [-0.25, -0.2) is 0 Å². The van der Waals surface area contributed by atoms with Crippen LogP contribution in [0.5, 0.6) is 0 Å². The molecule has 2 aromatic carbocycles. The highest BCUT2D eigenvalue weighted by Gasteiger charge is 2.34. The van der Waals surface area contributed by atoms with Gasteiger partial charge in [0.05, 0.1) is 16.8 Å². The molecular formula is C20H16F3N3OS. The Morgan fingerprint density at radius 2 is 1.82 bits per heavy atom. The Kier molecular flexibility index (Phi) is 5.99. The van der Waals surface area contributed by atoms with E-state index in [-0.39, 0.29) is 0 Å². The van der Waals surface area contributed by atoms with Gasteiger partial charge < -0.3 is 5.32 Å². The molecule has 1 N–H and O–H groups in total. The summed E-state index contributed by atoms with van der Waals surface area (Å²) in [6.07, 6.45) is -4.61. The lowest BCUT2D eigenvalue weighted by molar-refractivity contribution is -0.137. The fourth-order valence-electron chi connectivity index (χ4n) is 2.58. The molecule has 0 aliphatic heterocycles. The van der Waals surface area contributed by atoms with Crippen LogP contribution in [0.1, 0.15) is 22.8 Å². The first-order valence-electron chi connectivity index (χ1n) is 8.43. The molecule has 0 aliphatic carbocycles. The predicted molar refractivity (Wildman–Crippen MR) is 103 cm³/mol. The second-order valence-electron chi connectivity index (χ2n) is 5.77. The third-order valence-corrected chi connectivity index (χ3v) is 4.63. The molecule has 144 valence electrons. The lowest BCUT2D eigenvalue weighted by atomic mass is 10.1. The van der Waals surface area contributed by atoms with Gasteiger partial charge in [-0.15, -0.1) is 22.0 Å². The molecule has 1 amide bonds. The van der Waals surface area contributed by atoms with Crippen molar-refractivity contribution in [3.05, 3.63) is 71.8 Å². The number of nitrogens with one attached hydrogen (secondary N) is 1. The number of nitrogens with zero attached hydrogens (tertiary/aromatic N) is 2. The van der Waals surface area contributed by atoms with Gasteiger partial charge in [-0.05, 0) is 42.2 Å². The lowest BCUT2D eigenvalue weighted by Crippen LogP contribution is -2.18. The first-order valence-corrected chi connectivity index (χ1v) is 9.41. The van der Waals surface area contributed by atoms with E-state index in [9.17, 15) is 18.0 Å². The predicted octanol–water partition coefficient (Wildman–Crippen LogP) is 5.53. The van der Waals surface area contributed by atoms with Crippen LogP contribution in [0.25, 0.3) is 11.3 Å². The monoisotopic (exact) mass is 403 g/mol. The molecule has 4 nitrogen and oxygen atoms in total. The Hall–Kier alpha value is -2.87. The third kappa shape index (κ3) is 4.69. The van der Waals surface area contributed by atoms with Crippen molar-refractivity contribution in [2.75, 3.05) is 11.1 Å². The molecule has 3 aromatic rings. The van der Waals surface area contributed by atoms with E-state index in [0.29, 0.717) is 16.9 Å². The zero-order chi connectivity index (χ0) is 20.1. The molecule has 0 radical (unpaired) electrons. The van der Waals surface area contributed by atoms with E-state index in [0.717, 1.165) is 22.9 Å². The largest absolute Gasteiger partial charge is 0.417 e. The number of carbonyl (C=O) groups excluding carboxylic acids is 1. The van der Waals surface area contributed by atoms with Gasteiger partial charge in [-0.3, -0.25) is 4.79 Å². The summed E-state index contributed by atoms with van der Waals surface area (Å²) >= 11 is 1.57. The van der Waals surface area contributed by atoms with E-state index in [1.807, 2.05) is 19.1 Å². The molecule has 0 saturated carbocycles. The Morgan fingerprint density at radius 1 is 1.04 bits per heavy atom. The summed E-state index contributed by atoms with van der Waals surface area (Å²) < 4.78 is 39.4. The van der Waals surface area contributed by atoms with Crippen molar-refractivity contribution in [1.82, 2.24) is 10.2 Å². The molecule has 1 aromatic heterocycles. The van der Waals surface area contributed by atoms with Crippen molar-refractivity contribution in [2.24, 2.45) is 0 Å². The van der Waals surface area contributed by atoms with Crippen LogP contribution in [0.2, 0.25) is 0 Å². The quantitative estimate of drug-likeness (QED) is 0.570. The number of thioether (sulfide) groups is 1. The van der Waals surface area contributed by atoms with Crippen molar-refractivity contribution < 1.29 is 18.0 Å². The van der Waals surface area contributed by atoms with Crippen LogP contribution in [0.4, 0.5) is 18.9 Å². The minimum Gasteiger partial charge on any atom is -0.322 e. The van der Waals surface area contributed by atoms with Gasteiger partial charge in [0.2, 0.25) is 0 Å². The highest BCUT2D eigenvalue weighted by molar-refractivity contribution is 7.99. The Bertz CT molecular complexity index is 975. The van der Waals surface area contributed by atoms with Crippen LogP contribution in [-0.2, 0) is 6.18 Å². The molecule has 0 atom stereocenters. The van der Waals surface area contributed by atoms with Gasteiger partial charge in [0, 0.05) is 11.3 Å². The molecule has 0 spiro atoms. The van der Waals surface area contributed by atoms with E-state index in [2.05, 4.69) is 15.5 Å². The summed E-state index contributed by atoms with van der Waals surface area (Å²) in [7, 11) is 0. The normalized spacial score (nSPS) is 11.3. The number of anilines is 1. The number of hydrogen-bond donors (Lipinski definition) is 1. The number of rotatable bonds is 5. The van der Waals surface area contributed by atoms with Crippen LogP contribution in [0.15, 0.2) is 65.7 Å². The molecule has 8 heteroatoms. The standard InChI is InChI=1S/C20H16F3N3OS/c1-2-28-18-11-10-17(25-26-18)13-6-5-7-14(12-13)24-19(27)15-8-3-4-9-16(15)20(21,22)23/h3-12H,2H2,1H3,(H,24,27). The summed E-state index contributed by atoms with van der Waals surface area (Å²) in [6, 6.07) is 15.1. The Morgan fingerprint density at radius 3 is 2.50 bits per heavy atom. The third-order valence-electron chi connectivity index (χ3n) is 3.83. The smallest absolute Gasteiger partial charge is 0.322 e. The number of halogens is 3. The van der Waals surface area contributed by atoms with Crippen LogP contribution < -0.4 is 5.32 Å². The maximum atomic E-state index is 13.1. The summed E-state index contributed by atoms with van der Waals surface area (Å²) in [5.41, 5.74) is 0.266. The Balaban J connectivity index is 1.83. The molecule has 0 saturated heterocycles. The maximum Gasteiger partial charge on any atom is 0.417 e. The topological polar surface area (TPSA) is 54.9 Å². The number of alkyl halides is 3. The number of hydrogen-bond acceptors (Lipinski definition) is 4. The zero-order valence-electron chi connectivity index (χ0n) is 14.8. The van der Waals surface area contributed by atoms with Crippen molar-refractivity contribution in [3.63, 3.8) is 0 Å². The van der Waals surface area contributed by atoms with Crippen molar-refractivity contribution in [3.8, 4) is 11.3 Å². The van der Waals surface area contributed by atoms with E-state index in [1.165, 1.54) is 12.1 Å². The number of benzene rings is 2. The minimum atomic E-state index is -4.61. The van der Waals surface area contributed by atoms with E-state index < -0.39 is 23.2 Å². The van der Waals surface area contributed by atoms with Gasteiger partial charge >= 0.3 is 6.18 Å². The van der Waals surface area contributed by atoms with Gasteiger partial charge in [-0.1, -0.05) is 31.2 Å². The zero-order valence-corrected chi connectivity index (χ0v) is 15.6. The van der Waals surface area contributed by atoms with E-state index in [1.54, 1.807) is 36.0 Å². The fourth-order valence-corrected chi connectivity index (χ4v) is 3.14. The second-order valence-corrected chi connectivity index (χ2v) is 7.05.